The number of rotatable bonds is 4. The average molecular weight is 339 g/mol. The van der Waals surface area contributed by atoms with Crippen molar-refractivity contribution < 1.29 is 0 Å². The predicted octanol–water partition coefficient (Wildman–Crippen LogP) is 5.32. The zero-order valence-electron chi connectivity index (χ0n) is 7.18. The van der Waals surface area contributed by atoms with E-state index < -0.39 is 12.0 Å². The first-order valence-electron chi connectivity index (χ1n) is 3.55. The summed E-state index contributed by atoms with van der Waals surface area (Å²) >= 11 is 34.8. The second-order valence-electron chi connectivity index (χ2n) is 3.75. The van der Waals surface area contributed by atoms with Crippen LogP contribution in [0.5, 0.6) is 0 Å². The largest absolute Gasteiger partial charge is 0.341 e. The maximum absolute atomic E-state index is 5.80. The molecule has 0 unspecified atom stereocenters. The first-order valence-corrected chi connectivity index (χ1v) is 14.0. The lowest BCUT2D eigenvalue weighted by Gasteiger charge is -2.29. The lowest BCUT2D eigenvalue weighted by Crippen LogP contribution is -2.28. The van der Waals surface area contributed by atoms with Gasteiger partial charge in [-0.3, -0.25) is 0 Å². The molecule has 0 aromatic carbocycles. The van der Waals surface area contributed by atoms with Crippen LogP contribution in [0.2, 0.25) is 12.1 Å². The third-order valence-electron chi connectivity index (χ3n) is 1.36. The van der Waals surface area contributed by atoms with Crippen LogP contribution in [0.25, 0.3) is 0 Å². The Morgan fingerprint density at radius 3 is 1.15 bits per heavy atom. The highest BCUT2D eigenvalue weighted by Gasteiger charge is 2.40. The summed E-state index contributed by atoms with van der Waals surface area (Å²) in [4.78, 5) is 0. The van der Waals surface area contributed by atoms with Crippen LogP contribution in [0.3, 0.4) is 0 Å². The van der Waals surface area contributed by atoms with Crippen molar-refractivity contribution in [2.24, 2.45) is 5.41 Å². The standard InChI is InChI=1S/C5H10Cl6Si2/c1-5(2,3-12(6,7)8)4-13(9,10)11/h3-4H2,1-2H3. The molecular formula is C5H10Cl6Si2. The Kier molecular flexibility index (Phi) is 5.84. The van der Waals surface area contributed by atoms with E-state index in [4.69, 9.17) is 66.5 Å². The molecule has 0 fully saturated rings. The molecule has 0 aromatic heterocycles. The Balaban J connectivity index is 4.25. The smallest absolute Gasteiger partial charge is 0.126 e. The minimum Gasteiger partial charge on any atom is -0.126 e. The van der Waals surface area contributed by atoms with Crippen LogP contribution in [-0.4, -0.2) is 12.0 Å². The Hall–Kier alpha value is 2.17. The maximum Gasteiger partial charge on any atom is 0.341 e. The molecule has 0 saturated heterocycles. The highest BCUT2D eigenvalue weighted by molar-refractivity contribution is 7.65. The highest BCUT2D eigenvalue weighted by Crippen LogP contribution is 2.44. The van der Waals surface area contributed by atoms with Gasteiger partial charge in [-0.05, 0) is 17.5 Å². The van der Waals surface area contributed by atoms with Gasteiger partial charge in [0.05, 0.1) is 0 Å². The molecule has 13 heavy (non-hydrogen) atoms. The maximum atomic E-state index is 5.80. The van der Waals surface area contributed by atoms with E-state index in [9.17, 15) is 0 Å². The summed E-state index contributed by atoms with van der Waals surface area (Å²) in [6, 6.07) is -4.22. The third kappa shape index (κ3) is 10.5. The molecule has 80 valence electrons. The summed E-state index contributed by atoms with van der Waals surface area (Å²) < 4.78 is 0. The topological polar surface area (TPSA) is 0 Å². The van der Waals surface area contributed by atoms with Crippen molar-refractivity contribution in [1.29, 1.82) is 0 Å². The van der Waals surface area contributed by atoms with Gasteiger partial charge in [-0.25, -0.2) is 0 Å². The van der Waals surface area contributed by atoms with Crippen LogP contribution in [0.1, 0.15) is 13.8 Å². The normalized spacial score (nSPS) is 14.8. The van der Waals surface area contributed by atoms with Crippen LogP contribution in [0, 0.1) is 5.41 Å². The van der Waals surface area contributed by atoms with Gasteiger partial charge in [-0.1, -0.05) is 13.8 Å². The molecule has 0 bridgehead atoms. The molecule has 0 atom stereocenters. The minimum absolute atomic E-state index is 0.199. The predicted molar refractivity (Wildman–Crippen MR) is 70.0 cm³/mol. The van der Waals surface area contributed by atoms with Gasteiger partial charge in [0.15, 0.2) is 0 Å². The molecule has 0 nitrogen and oxygen atoms in total. The molecule has 0 aromatic rings. The summed E-state index contributed by atoms with van der Waals surface area (Å²) in [5.74, 6) is 0. The van der Waals surface area contributed by atoms with Crippen LogP contribution >= 0.6 is 66.5 Å². The van der Waals surface area contributed by atoms with Crippen molar-refractivity contribution >= 4 is 78.5 Å². The SMILES string of the molecule is CC(C)(C[Si](Cl)(Cl)Cl)C[Si](Cl)(Cl)Cl. The molecule has 0 heterocycles. The van der Waals surface area contributed by atoms with Crippen molar-refractivity contribution in [3.63, 3.8) is 0 Å². The van der Waals surface area contributed by atoms with Gasteiger partial charge >= 0.3 is 12.0 Å². The minimum atomic E-state index is -2.63. The summed E-state index contributed by atoms with van der Waals surface area (Å²) in [5.41, 5.74) is -0.199. The second-order valence-corrected chi connectivity index (χ2v) is 22.0. The summed E-state index contributed by atoms with van der Waals surface area (Å²) in [6.07, 6.45) is 0. The molecule has 0 aliphatic heterocycles. The van der Waals surface area contributed by atoms with E-state index in [-0.39, 0.29) is 5.41 Å². The van der Waals surface area contributed by atoms with E-state index >= 15 is 0 Å². The summed E-state index contributed by atoms with van der Waals surface area (Å²) in [6.45, 7) is 3.91. The molecule has 0 aliphatic rings. The van der Waals surface area contributed by atoms with Crippen molar-refractivity contribution in [3.8, 4) is 0 Å². The molecule has 8 heteroatoms. The fraction of sp³-hybridized carbons (Fsp3) is 1.00. The lowest BCUT2D eigenvalue weighted by atomic mass is 10.00. The van der Waals surface area contributed by atoms with E-state index in [1.807, 2.05) is 13.8 Å². The van der Waals surface area contributed by atoms with Crippen LogP contribution in [0.4, 0.5) is 0 Å². The first-order chi connectivity index (χ1) is 5.41. The molecule has 0 radical (unpaired) electrons. The van der Waals surface area contributed by atoms with Crippen molar-refractivity contribution in [2.45, 2.75) is 25.9 Å². The van der Waals surface area contributed by atoms with Gasteiger partial charge in [0.25, 0.3) is 0 Å². The van der Waals surface area contributed by atoms with E-state index in [1.165, 1.54) is 0 Å². The summed E-state index contributed by atoms with van der Waals surface area (Å²) in [7, 11) is 0. The van der Waals surface area contributed by atoms with E-state index in [0.29, 0.717) is 12.1 Å². The Morgan fingerprint density at radius 1 is 0.769 bits per heavy atom. The van der Waals surface area contributed by atoms with Crippen molar-refractivity contribution in [3.05, 3.63) is 0 Å². The molecule has 0 aliphatic carbocycles. The van der Waals surface area contributed by atoms with Crippen molar-refractivity contribution in [2.75, 3.05) is 0 Å². The second kappa shape index (κ2) is 5.00. The first kappa shape index (κ1) is 15.2. The van der Waals surface area contributed by atoms with E-state index in [2.05, 4.69) is 0 Å². The van der Waals surface area contributed by atoms with E-state index in [1.54, 1.807) is 0 Å². The monoisotopic (exact) mass is 336 g/mol. The van der Waals surface area contributed by atoms with Gasteiger partial charge in [0.2, 0.25) is 0 Å². The van der Waals surface area contributed by atoms with Gasteiger partial charge in [-0.15, -0.1) is 66.5 Å². The zero-order chi connectivity index (χ0) is 10.9. The Morgan fingerprint density at radius 2 is 1.00 bits per heavy atom. The zero-order valence-corrected chi connectivity index (χ0v) is 13.7. The van der Waals surface area contributed by atoms with Crippen LogP contribution in [-0.2, 0) is 0 Å². The molecule has 0 spiro atoms. The quantitative estimate of drug-likeness (QED) is 0.480. The number of hydrogen-bond acceptors (Lipinski definition) is 0. The molecule has 0 rings (SSSR count). The van der Waals surface area contributed by atoms with Gasteiger partial charge in [-0.2, -0.15) is 0 Å². The Labute approximate surface area is 109 Å². The molecule has 0 saturated carbocycles. The fourth-order valence-corrected chi connectivity index (χ4v) is 10.3. The van der Waals surface area contributed by atoms with Gasteiger partial charge < -0.3 is 0 Å². The fourth-order valence-electron chi connectivity index (χ4n) is 1.15. The molecular weight excluding hydrogens is 329 g/mol. The van der Waals surface area contributed by atoms with Crippen LogP contribution < -0.4 is 0 Å². The number of halogens is 6. The van der Waals surface area contributed by atoms with Crippen LogP contribution in [0.15, 0.2) is 0 Å². The van der Waals surface area contributed by atoms with Crippen molar-refractivity contribution in [1.82, 2.24) is 0 Å². The van der Waals surface area contributed by atoms with E-state index in [0.717, 1.165) is 0 Å². The van der Waals surface area contributed by atoms with Gasteiger partial charge in [0.1, 0.15) is 0 Å². The number of hydrogen-bond donors (Lipinski definition) is 0. The average Bonchev–Trinajstić information content (AvgIpc) is 1.43. The highest BCUT2D eigenvalue weighted by atomic mass is 35.8. The third-order valence-corrected chi connectivity index (χ3v) is 6.48. The molecule has 0 N–H and O–H groups in total. The summed E-state index contributed by atoms with van der Waals surface area (Å²) in [5, 5.41) is 0. The lowest BCUT2D eigenvalue weighted by molar-refractivity contribution is 0.464. The molecule has 0 amide bonds. The Bertz CT molecular complexity index is 151. The van der Waals surface area contributed by atoms with Gasteiger partial charge in [0, 0.05) is 0 Å².